The van der Waals surface area contributed by atoms with Crippen LogP contribution in [0.15, 0.2) is 24.3 Å². The van der Waals surface area contributed by atoms with Gasteiger partial charge in [0.2, 0.25) is 0 Å². The lowest BCUT2D eigenvalue weighted by Gasteiger charge is -2.27. The molecule has 2 bridgehead atoms. The number of Topliss-reactive ketones (excluding diaryl/α,β-unsaturated/α-hetero) is 1. The summed E-state index contributed by atoms with van der Waals surface area (Å²) >= 11 is 0. The number of ketones is 1. The number of hydrogen-bond acceptors (Lipinski definition) is 1. The van der Waals surface area contributed by atoms with E-state index in [1.165, 1.54) is 19.3 Å². The maximum atomic E-state index is 12.0. The Kier molecular flexibility index (Phi) is 1.86. The summed E-state index contributed by atoms with van der Waals surface area (Å²) in [6.07, 6.45) is 13.2. The lowest BCUT2D eigenvalue weighted by Crippen LogP contribution is -2.27. The largest absolute Gasteiger partial charge is 0.299 e. The first kappa shape index (κ1) is 8.46. The molecule has 0 N–H and O–H groups in total. The Morgan fingerprint density at radius 2 is 2.00 bits per heavy atom. The third kappa shape index (κ3) is 1.11. The highest BCUT2D eigenvalue weighted by Gasteiger charge is 2.46. The Balaban J connectivity index is 1.92. The average Bonchev–Trinajstić information content (AvgIpc) is 2.72. The van der Waals surface area contributed by atoms with Gasteiger partial charge in [0.25, 0.3) is 0 Å². The topological polar surface area (TPSA) is 17.1 Å². The molecule has 0 aliphatic heterocycles. The molecule has 0 heterocycles. The van der Waals surface area contributed by atoms with Crippen molar-refractivity contribution in [1.82, 2.24) is 0 Å². The molecule has 0 aromatic carbocycles. The molecule has 3 aliphatic rings. The van der Waals surface area contributed by atoms with E-state index >= 15 is 0 Å². The van der Waals surface area contributed by atoms with E-state index in [9.17, 15) is 4.79 Å². The number of allylic oxidation sites excluding steroid dienone is 4. The van der Waals surface area contributed by atoms with Crippen LogP contribution >= 0.6 is 0 Å². The molecule has 4 atom stereocenters. The predicted octanol–water partition coefficient (Wildman–Crippen LogP) is 2.73. The van der Waals surface area contributed by atoms with Gasteiger partial charge in [0, 0.05) is 12.3 Å². The smallest absolute Gasteiger partial charge is 0.140 e. The van der Waals surface area contributed by atoms with Crippen molar-refractivity contribution in [2.75, 3.05) is 0 Å². The van der Waals surface area contributed by atoms with Crippen molar-refractivity contribution in [3.05, 3.63) is 24.3 Å². The molecule has 1 saturated carbocycles. The van der Waals surface area contributed by atoms with Crippen LogP contribution < -0.4 is 0 Å². The Morgan fingerprint density at radius 1 is 1.14 bits per heavy atom. The molecular formula is C13H16O. The van der Waals surface area contributed by atoms with E-state index in [1.54, 1.807) is 0 Å². The van der Waals surface area contributed by atoms with Crippen molar-refractivity contribution >= 4 is 5.78 Å². The second-order valence-electron chi connectivity index (χ2n) is 4.86. The molecule has 1 nitrogen and oxygen atoms in total. The van der Waals surface area contributed by atoms with Crippen LogP contribution in [0.3, 0.4) is 0 Å². The molecule has 4 unspecified atom stereocenters. The minimum atomic E-state index is 0.370. The average molecular weight is 188 g/mol. The molecule has 0 spiro atoms. The highest BCUT2D eigenvalue weighted by Crippen LogP contribution is 2.50. The number of carbonyl (C=O) groups is 1. The summed E-state index contributed by atoms with van der Waals surface area (Å²) in [5, 5.41) is 0. The van der Waals surface area contributed by atoms with Crippen LogP contribution in [-0.2, 0) is 4.79 Å². The molecule has 14 heavy (non-hydrogen) atoms. The first-order valence-corrected chi connectivity index (χ1v) is 5.72. The van der Waals surface area contributed by atoms with E-state index in [2.05, 4.69) is 24.3 Å². The van der Waals surface area contributed by atoms with Gasteiger partial charge in [-0.2, -0.15) is 0 Å². The first-order valence-electron chi connectivity index (χ1n) is 5.72. The van der Waals surface area contributed by atoms with Gasteiger partial charge < -0.3 is 0 Å². The summed E-state index contributed by atoms with van der Waals surface area (Å²) in [5.41, 5.74) is 0. The van der Waals surface area contributed by atoms with Gasteiger partial charge in [0.15, 0.2) is 0 Å². The van der Waals surface area contributed by atoms with Gasteiger partial charge >= 0.3 is 0 Å². The van der Waals surface area contributed by atoms with Crippen LogP contribution in [0.5, 0.6) is 0 Å². The fourth-order valence-corrected chi connectivity index (χ4v) is 3.54. The first-order chi connectivity index (χ1) is 6.86. The van der Waals surface area contributed by atoms with E-state index in [1.807, 2.05) is 0 Å². The Hall–Kier alpha value is -0.850. The van der Waals surface area contributed by atoms with Crippen LogP contribution in [0.1, 0.15) is 25.7 Å². The molecule has 3 rings (SSSR count). The van der Waals surface area contributed by atoms with Crippen molar-refractivity contribution in [2.45, 2.75) is 25.7 Å². The molecular weight excluding hydrogens is 172 g/mol. The third-order valence-corrected chi connectivity index (χ3v) is 4.15. The van der Waals surface area contributed by atoms with E-state index in [-0.39, 0.29) is 0 Å². The fraction of sp³-hybridized carbons (Fsp3) is 0.615. The second-order valence-corrected chi connectivity index (χ2v) is 4.86. The summed E-state index contributed by atoms with van der Waals surface area (Å²) in [4.78, 5) is 12.0. The molecule has 0 amide bonds. The molecule has 0 aromatic rings. The van der Waals surface area contributed by atoms with Crippen molar-refractivity contribution in [1.29, 1.82) is 0 Å². The molecule has 3 aliphatic carbocycles. The zero-order valence-corrected chi connectivity index (χ0v) is 8.36. The summed E-state index contributed by atoms with van der Waals surface area (Å²) in [7, 11) is 0. The molecule has 74 valence electrons. The maximum absolute atomic E-state index is 12.0. The molecule has 1 fully saturated rings. The predicted molar refractivity (Wildman–Crippen MR) is 55.7 cm³/mol. The minimum Gasteiger partial charge on any atom is -0.299 e. The number of carbonyl (C=O) groups excluding carboxylic acids is 1. The molecule has 0 aromatic heterocycles. The quantitative estimate of drug-likeness (QED) is 0.534. The number of rotatable bonds is 0. The van der Waals surface area contributed by atoms with Crippen LogP contribution in [0.2, 0.25) is 0 Å². The van der Waals surface area contributed by atoms with E-state index < -0.39 is 0 Å². The lowest BCUT2D eigenvalue weighted by atomic mass is 9.76. The van der Waals surface area contributed by atoms with Gasteiger partial charge in [-0.25, -0.2) is 0 Å². The van der Waals surface area contributed by atoms with Gasteiger partial charge in [-0.05, 0) is 37.0 Å². The van der Waals surface area contributed by atoms with Crippen molar-refractivity contribution < 1.29 is 4.79 Å². The van der Waals surface area contributed by atoms with E-state index in [0.717, 1.165) is 5.92 Å². The molecule has 0 saturated heterocycles. The van der Waals surface area contributed by atoms with Gasteiger partial charge in [0.05, 0.1) is 0 Å². The Labute approximate surface area is 84.9 Å². The normalized spacial score (nSPS) is 47.3. The standard InChI is InChI=1S/C13H16O/c14-12-5-3-1-2-4-11-9-6-7-10(8-9)13(11)12/h1,3,6-7,9-11,13H,2,4-5,8H2/b3-1-. The zero-order valence-electron chi connectivity index (χ0n) is 8.36. The molecule has 1 heteroatoms. The summed E-state index contributed by atoms with van der Waals surface area (Å²) in [6, 6.07) is 0. The van der Waals surface area contributed by atoms with E-state index in [4.69, 9.17) is 0 Å². The fourth-order valence-electron chi connectivity index (χ4n) is 3.54. The van der Waals surface area contributed by atoms with Crippen molar-refractivity contribution in [2.24, 2.45) is 23.7 Å². The molecule has 0 radical (unpaired) electrons. The summed E-state index contributed by atoms with van der Waals surface area (Å²) < 4.78 is 0. The monoisotopic (exact) mass is 188 g/mol. The summed E-state index contributed by atoms with van der Waals surface area (Å²) in [5.74, 6) is 2.84. The Morgan fingerprint density at radius 3 is 2.93 bits per heavy atom. The zero-order chi connectivity index (χ0) is 9.54. The minimum absolute atomic E-state index is 0.370. The van der Waals surface area contributed by atoms with Gasteiger partial charge in [-0.3, -0.25) is 4.79 Å². The second kappa shape index (κ2) is 3.08. The van der Waals surface area contributed by atoms with Gasteiger partial charge in [-0.1, -0.05) is 24.3 Å². The highest BCUT2D eigenvalue weighted by molar-refractivity contribution is 5.84. The van der Waals surface area contributed by atoms with Crippen molar-refractivity contribution in [3.63, 3.8) is 0 Å². The van der Waals surface area contributed by atoms with Crippen LogP contribution in [0, 0.1) is 23.7 Å². The van der Waals surface area contributed by atoms with E-state index in [0.29, 0.717) is 30.0 Å². The lowest BCUT2D eigenvalue weighted by molar-refractivity contribution is -0.124. The number of fused-ring (bicyclic) bond motifs is 5. The van der Waals surface area contributed by atoms with Crippen LogP contribution in [-0.4, -0.2) is 5.78 Å². The highest BCUT2D eigenvalue weighted by atomic mass is 16.1. The van der Waals surface area contributed by atoms with Gasteiger partial charge in [-0.15, -0.1) is 0 Å². The number of hydrogen-bond donors (Lipinski definition) is 0. The SMILES string of the molecule is O=C1C/C=C\CCC2C3C=CC(C3)C12. The maximum Gasteiger partial charge on any atom is 0.140 e. The van der Waals surface area contributed by atoms with Crippen LogP contribution in [0.25, 0.3) is 0 Å². The van der Waals surface area contributed by atoms with Crippen LogP contribution in [0.4, 0.5) is 0 Å². The third-order valence-electron chi connectivity index (χ3n) is 4.15. The van der Waals surface area contributed by atoms with Gasteiger partial charge in [0.1, 0.15) is 5.78 Å². The van der Waals surface area contributed by atoms with Crippen molar-refractivity contribution in [3.8, 4) is 0 Å². The summed E-state index contributed by atoms with van der Waals surface area (Å²) in [6.45, 7) is 0. The Bertz CT molecular complexity index is 313.